The lowest BCUT2D eigenvalue weighted by Gasteiger charge is -2.38. The SMILES string of the molecule is CN=C(NCC1(c2ccc3c(c2)OCO3)CCOCC1)NC1CC1C. The monoisotopic (exact) mass is 345 g/mol. The van der Waals surface area contributed by atoms with Crippen LogP contribution in [0.25, 0.3) is 0 Å². The van der Waals surface area contributed by atoms with E-state index >= 15 is 0 Å². The molecule has 0 amide bonds. The van der Waals surface area contributed by atoms with Crippen molar-refractivity contribution in [1.29, 1.82) is 0 Å². The number of nitrogens with one attached hydrogen (secondary N) is 2. The zero-order valence-corrected chi connectivity index (χ0v) is 15.0. The summed E-state index contributed by atoms with van der Waals surface area (Å²) in [7, 11) is 1.83. The van der Waals surface area contributed by atoms with Gasteiger partial charge in [-0.25, -0.2) is 0 Å². The van der Waals surface area contributed by atoms with E-state index in [9.17, 15) is 0 Å². The Bertz CT molecular complexity index is 655. The van der Waals surface area contributed by atoms with Gasteiger partial charge in [0.1, 0.15) is 0 Å². The molecule has 6 nitrogen and oxygen atoms in total. The van der Waals surface area contributed by atoms with Gasteiger partial charge in [0.2, 0.25) is 6.79 Å². The fourth-order valence-corrected chi connectivity index (χ4v) is 3.70. The predicted molar refractivity (Wildman–Crippen MR) is 96.4 cm³/mol. The van der Waals surface area contributed by atoms with Crippen molar-refractivity contribution in [3.8, 4) is 11.5 Å². The quantitative estimate of drug-likeness (QED) is 0.646. The minimum absolute atomic E-state index is 0.0199. The smallest absolute Gasteiger partial charge is 0.231 e. The van der Waals surface area contributed by atoms with Crippen LogP contribution in [-0.4, -0.2) is 45.6 Å². The van der Waals surface area contributed by atoms with Gasteiger partial charge in [-0.1, -0.05) is 13.0 Å². The van der Waals surface area contributed by atoms with E-state index in [1.807, 2.05) is 13.1 Å². The maximum atomic E-state index is 5.63. The van der Waals surface area contributed by atoms with Crippen molar-refractivity contribution in [1.82, 2.24) is 10.6 Å². The van der Waals surface area contributed by atoms with E-state index in [0.29, 0.717) is 12.8 Å². The molecule has 1 aromatic rings. The highest BCUT2D eigenvalue weighted by molar-refractivity contribution is 5.80. The fraction of sp³-hybridized carbons (Fsp3) is 0.632. The van der Waals surface area contributed by atoms with Crippen LogP contribution >= 0.6 is 0 Å². The van der Waals surface area contributed by atoms with Crippen molar-refractivity contribution in [2.24, 2.45) is 10.9 Å². The second kappa shape index (κ2) is 6.75. The van der Waals surface area contributed by atoms with E-state index in [2.05, 4.69) is 34.7 Å². The average Bonchev–Trinajstić information content (AvgIpc) is 3.14. The molecule has 2 unspecified atom stereocenters. The Morgan fingerprint density at radius 1 is 1.24 bits per heavy atom. The lowest BCUT2D eigenvalue weighted by atomic mass is 9.74. The number of guanidine groups is 1. The van der Waals surface area contributed by atoms with Crippen molar-refractivity contribution in [3.63, 3.8) is 0 Å². The van der Waals surface area contributed by atoms with Crippen molar-refractivity contribution in [2.75, 3.05) is 33.6 Å². The van der Waals surface area contributed by atoms with Gasteiger partial charge < -0.3 is 24.8 Å². The summed E-state index contributed by atoms with van der Waals surface area (Å²) in [4.78, 5) is 4.39. The van der Waals surface area contributed by atoms with Gasteiger partial charge in [0, 0.05) is 38.3 Å². The summed E-state index contributed by atoms with van der Waals surface area (Å²) in [6, 6.07) is 6.88. The number of fused-ring (bicyclic) bond motifs is 1. The molecular formula is C19H27N3O3. The minimum atomic E-state index is 0.0199. The molecule has 0 aromatic heterocycles. The molecule has 1 aromatic carbocycles. The van der Waals surface area contributed by atoms with Gasteiger partial charge in [-0.2, -0.15) is 0 Å². The Balaban J connectivity index is 1.51. The average molecular weight is 345 g/mol. The molecule has 2 heterocycles. The van der Waals surface area contributed by atoms with E-state index in [-0.39, 0.29) is 5.41 Å². The van der Waals surface area contributed by atoms with Gasteiger partial charge in [-0.3, -0.25) is 4.99 Å². The number of hydrogen-bond donors (Lipinski definition) is 2. The number of benzene rings is 1. The van der Waals surface area contributed by atoms with E-state index < -0.39 is 0 Å². The summed E-state index contributed by atoms with van der Waals surface area (Å²) in [5.74, 6) is 3.31. The van der Waals surface area contributed by atoms with E-state index in [0.717, 1.165) is 56.0 Å². The first-order valence-electron chi connectivity index (χ1n) is 9.15. The lowest BCUT2D eigenvalue weighted by Crippen LogP contribution is -2.48. The fourth-order valence-electron chi connectivity index (χ4n) is 3.70. The summed E-state index contributed by atoms with van der Waals surface area (Å²) < 4.78 is 16.7. The van der Waals surface area contributed by atoms with Crippen LogP contribution in [0, 0.1) is 5.92 Å². The molecule has 2 N–H and O–H groups in total. The van der Waals surface area contributed by atoms with Gasteiger partial charge in [0.25, 0.3) is 0 Å². The van der Waals surface area contributed by atoms with Gasteiger partial charge in [0.05, 0.1) is 0 Å². The van der Waals surface area contributed by atoms with Gasteiger partial charge in [0.15, 0.2) is 17.5 Å². The highest BCUT2D eigenvalue weighted by Gasteiger charge is 2.37. The summed E-state index contributed by atoms with van der Waals surface area (Å²) in [6.07, 6.45) is 3.19. The van der Waals surface area contributed by atoms with Crippen LogP contribution in [0.1, 0.15) is 31.7 Å². The molecule has 2 atom stereocenters. The third-order valence-corrected chi connectivity index (χ3v) is 5.68. The van der Waals surface area contributed by atoms with Crippen LogP contribution in [-0.2, 0) is 10.2 Å². The molecule has 4 rings (SSSR count). The summed E-state index contributed by atoms with van der Waals surface area (Å²) >= 11 is 0. The van der Waals surface area contributed by atoms with Crippen LogP contribution in [0.3, 0.4) is 0 Å². The van der Waals surface area contributed by atoms with Crippen LogP contribution < -0.4 is 20.1 Å². The third kappa shape index (κ3) is 3.40. The number of ether oxygens (including phenoxy) is 3. The van der Waals surface area contributed by atoms with Gasteiger partial charge in [-0.15, -0.1) is 0 Å². The molecule has 0 radical (unpaired) electrons. The number of nitrogens with zero attached hydrogens (tertiary/aromatic N) is 1. The van der Waals surface area contributed by atoms with Crippen molar-refractivity contribution in [2.45, 2.75) is 37.6 Å². The van der Waals surface area contributed by atoms with Gasteiger partial charge >= 0.3 is 0 Å². The normalized spacial score (nSPS) is 27.0. The number of rotatable bonds is 4. The van der Waals surface area contributed by atoms with Crippen molar-refractivity contribution in [3.05, 3.63) is 23.8 Å². The first-order chi connectivity index (χ1) is 12.2. The molecule has 1 aliphatic carbocycles. The molecule has 2 fully saturated rings. The summed E-state index contributed by atoms with van der Waals surface area (Å²) in [6.45, 7) is 4.96. The van der Waals surface area contributed by atoms with Crippen molar-refractivity contribution >= 4 is 5.96 Å². The largest absolute Gasteiger partial charge is 0.454 e. The first-order valence-corrected chi connectivity index (χ1v) is 9.15. The Hall–Kier alpha value is -1.95. The molecule has 3 aliphatic rings. The second-order valence-electron chi connectivity index (χ2n) is 7.35. The first kappa shape index (κ1) is 16.5. The maximum absolute atomic E-state index is 5.63. The van der Waals surface area contributed by atoms with E-state index in [1.54, 1.807) is 0 Å². The summed E-state index contributed by atoms with van der Waals surface area (Å²) in [5, 5.41) is 7.05. The third-order valence-electron chi connectivity index (χ3n) is 5.68. The van der Waals surface area contributed by atoms with Crippen molar-refractivity contribution < 1.29 is 14.2 Å². The molecule has 0 spiro atoms. The molecule has 1 saturated heterocycles. The second-order valence-corrected chi connectivity index (χ2v) is 7.35. The highest BCUT2D eigenvalue weighted by atomic mass is 16.7. The number of hydrogen-bond acceptors (Lipinski definition) is 4. The molecule has 136 valence electrons. The zero-order valence-electron chi connectivity index (χ0n) is 15.0. The molecular weight excluding hydrogens is 318 g/mol. The Labute approximate surface area is 148 Å². The number of aliphatic imine (C=N–C) groups is 1. The molecule has 6 heteroatoms. The van der Waals surface area contributed by atoms with Crippen LogP contribution in [0.15, 0.2) is 23.2 Å². The Kier molecular flexibility index (Phi) is 4.46. The molecule has 2 aliphatic heterocycles. The topological polar surface area (TPSA) is 64.1 Å². The Morgan fingerprint density at radius 3 is 2.72 bits per heavy atom. The lowest BCUT2D eigenvalue weighted by molar-refractivity contribution is 0.0513. The van der Waals surface area contributed by atoms with Crippen LogP contribution in [0.5, 0.6) is 11.5 Å². The van der Waals surface area contributed by atoms with E-state index in [4.69, 9.17) is 14.2 Å². The summed E-state index contributed by atoms with van der Waals surface area (Å²) in [5.41, 5.74) is 1.30. The standard InChI is InChI=1S/C19H27N3O3/c1-13-9-15(13)22-18(20-2)21-11-19(5-7-23-8-6-19)14-3-4-16-17(10-14)25-12-24-16/h3-4,10,13,15H,5-9,11-12H2,1-2H3,(H2,20,21,22). The minimum Gasteiger partial charge on any atom is -0.454 e. The zero-order chi connectivity index (χ0) is 17.3. The highest BCUT2D eigenvalue weighted by Crippen LogP contribution is 2.40. The molecule has 0 bridgehead atoms. The molecule has 1 saturated carbocycles. The predicted octanol–water partition coefficient (Wildman–Crippen LogP) is 2.04. The van der Waals surface area contributed by atoms with Crippen LogP contribution in [0.4, 0.5) is 0 Å². The van der Waals surface area contributed by atoms with Gasteiger partial charge in [-0.05, 0) is 42.9 Å². The van der Waals surface area contributed by atoms with E-state index in [1.165, 1.54) is 12.0 Å². The maximum Gasteiger partial charge on any atom is 0.231 e. The molecule has 25 heavy (non-hydrogen) atoms. The Morgan fingerprint density at radius 2 is 2.00 bits per heavy atom. The van der Waals surface area contributed by atoms with Crippen LogP contribution in [0.2, 0.25) is 0 Å².